The van der Waals surface area contributed by atoms with Crippen LogP contribution in [0.1, 0.15) is 19.7 Å². The van der Waals surface area contributed by atoms with E-state index in [9.17, 15) is 9.18 Å². The van der Waals surface area contributed by atoms with Crippen molar-refractivity contribution in [2.75, 3.05) is 0 Å². The predicted molar refractivity (Wildman–Crippen MR) is 65.3 cm³/mol. The molecule has 2 rings (SSSR count). The number of aliphatic hydroxyl groups is 1. The lowest BCUT2D eigenvalue weighted by atomic mass is 10.2. The fourth-order valence-corrected chi connectivity index (χ4v) is 1.29. The molecule has 17 heavy (non-hydrogen) atoms. The molecule has 0 atom stereocenters. The van der Waals surface area contributed by atoms with E-state index < -0.39 is 11.4 Å². The highest BCUT2D eigenvalue weighted by Crippen LogP contribution is 2.12. The lowest BCUT2D eigenvalue weighted by molar-refractivity contribution is 0.506. The fraction of sp³-hybridized carbons (Fsp3) is 0.167. The first kappa shape index (κ1) is 12.9. The van der Waals surface area contributed by atoms with Gasteiger partial charge in [-0.3, -0.25) is 4.79 Å². The maximum atomic E-state index is 13.2. The van der Waals surface area contributed by atoms with Gasteiger partial charge in [0, 0.05) is 0 Å². The van der Waals surface area contributed by atoms with Gasteiger partial charge < -0.3 is 10.1 Å². The Morgan fingerprint density at radius 2 is 2.12 bits per heavy atom. The van der Waals surface area contributed by atoms with Crippen LogP contribution in [0.2, 0.25) is 0 Å². The molecule has 2 aromatic rings. The molecule has 0 bridgehead atoms. The van der Waals surface area contributed by atoms with Crippen molar-refractivity contribution >= 4 is 16.7 Å². The summed E-state index contributed by atoms with van der Waals surface area (Å²) in [5.41, 5.74) is -0.452. The topological polar surface area (TPSA) is 66.0 Å². The number of rotatable bonds is 1. The minimum absolute atomic E-state index is 0.0573. The molecular weight excluding hydrogens is 223 g/mol. The Bertz CT molecular complexity index is 605. The summed E-state index contributed by atoms with van der Waals surface area (Å²) in [7, 11) is 0. The Labute approximate surface area is 97.4 Å². The fourth-order valence-electron chi connectivity index (χ4n) is 1.29. The van der Waals surface area contributed by atoms with Crippen LogP contribution in [0.4, 0.5) is 4.39 Å². The van der Waals surface area contributed by atoms with E-state index >= 15 is 0 Å². The van der Waals surface area contributed by atoms with Gasteiger partial charge in [0.05, 0.1) is 5.52 Å². The lowest BCUT2D eigenvalue weighted by Gasteiger charge is -2.01. The van der Waals surface area contributed by atoms with Crippen LogP contribution in [0.15, 0.2) is 29.6 Å². The van der Waals surface area contributed by atoms with Crippen molar-refractivity contribution in [3.05, 3.63) is 46.8 Å². The Morgan fingerprint density at radius 1 is 1.47 bits per heavy atom. The summed E-state index contributed by atoms with van der Waals surface area (Å²) in [4.78, 5) is 17.5. The summed E-state index contributed by atoms with van der Waals surface area (Å²) in [5, 5.41) is 8.93. The highest BCUT2D eigenvalue weighted by Gasteiger charge is 2.08. The summed E-state index contributed by atoms with van der Waals surface area (Å²) in [5.74, 6) is -1.06. The van der Waals surface area contributed by atoms with Gasteiger partial charge in [0.15, 0.2) is 11.6 Å². The summed E-state index contributed by atoms with van der Waals surface area (Å²) in [6.45, 7) is 7.22. The largest absolute Gasteiger partial charge is 0.505 e. The van der Waals surface area contributed by atoms with Crippen LogP contribution in [0.5, 0.6) is 0 Å². The van der Waals surface area contributed by atoms with Gasteiger partial charge >= 0.3 is 0 Å². The average Bonchev–Trinajstić information content (AvgIpc) is 2.31. The zero-order valence-corrected chi connectivity index (χ0v) is 9.62. The van der Waals surface area contributed by atoms with Crippen molar-refractivity contribution in [2.45, 2.75) is 13.8 Å². The molecule has 0 saturated heterocycles. The van der Waals surface area contributed by atoms with E-state index in [4.69, 9.17) is 5.11 Å². The number of H-pyrrole nitrogens is 1. The minimum Gasteiger partial charge on any atom is -0.505 e. The second-order valence-electron chi connectivity index (χ2n) is 3.00. The van der Waals surface area contributed by atoms with Gasteiger partial charge in [0.25, 0.3) is 5.56 Å². The van der Waals surface area contributed by atoms with Gasteiger partial charge in [-0.05, 0) is 12.1 Å². The molecule has 0 fully saturated rings. The van der Waals surface area contributed by atoms with Gasteiger partial charge in [0.1, 0.15) is 11.2 Å². The quantitative estimate of drug-likeness (QED) is 0.748. The molecule has 1 heterocycles. The summed E-state index contributed by atoms with van der Waals surface area (Å²) in [6, 6.07) is 4.10. The Balaban J connectivity index is 0.000000686. The number of nitrogens with one attached hydrogen (secondary N) is 1. The smallest absolute Gasteiger partial charge is 0.262 e. The van der Waals surface area contributed by atoms with Crippen molar-refractivity contribution in [2.24, 2.45) is 0 Å². The second kappa shape index (κ2) is 5.25. The van der Waals surface area contributed by atoms with Crippen molar-refractivity contribution in [3.8, 4) is 0 Å². The number of fused-ring (bicyclic) bond motifs is 1. The maximum Gasteiger partial charge on any atom is 0.262 e. The highest BCUT2D eigenvalue weighted by atomic mass is 19.1. The third kappa shape index (κ3) is 2.50. The minimum atomic E-state index is -0.642. The van der Waals surface area contributed by atoms with Gasteiger partial charge in [-0.2, -0.15) is 0 Å². The summed E-state index contributed by atoms with van der Waals surface area (Å²) < 4.78 is 13.2. The Hall–Kier alpha value is -2.17. The van der Waals surface area contributed by atoms with E-state index in [1.807, 2.05) is 13.8 Å². The van der Waals surface area contributed by atoms with Crippen LogP contribution >= 0.6 is 0 Å². The number of benzene rings is 1. The SMILES string of the molecule is C=C(O)c1nc2cccc(F)c2c(=O)[nH]1.CC. The first-order valence-corrected chi connectivity index (χ1v) is 5.16. The van der Waals surface area contributed by atoms with Crippen molar-refractivity contribution < 1.29 is 9.50 Å². The normalized spacial score (nSPS) is 9.59. The molecule has 4 nitrogen and oxygen atoms in total. The number of aromatic nitrogens is 2. The molecule has 0 radical (unpaired) electrons. The van der Waals surface area contributed by atoms with Crippen molar-refractivity contribution in [1.29, 1.82) is 0 Å². The van der Waals surface area contributed by atoms with Gasteiger partial charge in [0.2, 0.25) is 0 Å². The Kier molecular flexibility index (Phi) is 3.98. The second-order valence-corrected chi connectivity index (χ2v) is 3.00. The molecule has 5 heteroatoms. The summed E-state index contributed by atoms with van der Waals surface area (Å²) >= 11 is 0. The first-order valence-electron chi connectivity index (χ1n) is 5.16. The van der Waals surface area contributed by atoms with E-state index in [1.165, 1.54) is 18.2 Å². The zero-order valence-electron chi connectivity index (χ0n) is 9.62. The molecule has 2 N–H and O–H groups in total. The third-order valence-electron chi connectivity index (χ3n) is 1.96. The number of aliphatic hydroxyl groups excluding tert-OH is 1. The molecule has 0 aliphatic heterocycles. The molecule has 0 aliphatic carbocycles. The number of hydrogen-bond acceptors (Lipinski definition) is 3. The van der Waals surface area contributed by atoms with Crippen molar-refractivity contribution in [1.82, 2.24) is 9.97 Å². The molecule has 0 aliphatic rings. The highest BCUT2D eigenvalue weighted by molar-refractivity contribution is 5.78. The zero-order chi connectivity index (χ0) is 13.0. The molecule has 0 saturated carbocycles. The van der Waals surface area contributed by atoms with Crippen LogP contribution in [-0.2, 0) is 0 Å². The lowest BCUT2D eigenvalue weighted by Crippen LogP contribution is -2.12. The molecule has 90 valence electrons. The number of hydrogen-bond donors (Lipinski definition) is 2. The van der Waals surface area contributed by atoms with E-state index in [0.29, 0.717) is 0 Å². The third-order valence-corrected chi connectivity index (χ3v) is 1.96. The molecule has 0 spiro atoms. The molecule has 1 aromatic carbocycles. The van der Waals surface area contributed by atoms with E-state index in [0.717, 1.165) is 0 Å². The van der Waals surface area contributed by atoms with E-state index in [2.05, 4.69) is 16.5 Å². The van der Waals surface area contributed by atoms with Gasteiger partial charge in [-0.15, -0.1) is 0 Å². The van der Waals surface area contributed by atoms with Gasteiger partial charge in [-0.25, -0.2) is 9.37 Å². The summed E-state index contributed by atoms with van der Waals surface area (Å²) in [6.07, 6.45) is 0. The molecule has 1 aromatic heterocycles. The maximum absolute atomic E-state index is 13.2. The Morgan fingerprint density at radius 3 is 2.71 bits per heavy atom. The standard InChI is InChI=1S/C10H7FN2O2.C2H6/c1-5(14)9-12-7-4-2-3-6(11)8(7)10(15)13-9;1-2/h2-4,14H,1H2,(H,12,13,15);1-2H3. The first-order chi connectivity index (χ1) is 8.09. The van der Waals surface area contributed by atoms with Crippen molar-refractivity contribution in [3.63, 3.8) is 0 Å². The van der Waals surface area contributed by atoms with Gasteiger partial charge in [-0.1, -0.05) is 26.5 Å². The number of halogens is 1. The average molecular weight is 236 g/mol. The van der Waals surface area contributed by atoms with Crippen LogP contribution in [0.3, 0.4) is 0 Å². The predicted octanol–water partition coefficient (Wildman–Crippen LogP) is 2.62. The van der Waals surface area contributed by atoms with Crippen LogP contribution < -0.4 is 5.56 Å². The van der Waals surface area contributed by atoms with Crippen LogP contribution in [-0.4, -0.2) is 15.1 Å². The van der Waals surface area contributed by atoms with E-state index in [1.54, 1.807) is 0 Å². The molecule has 0 amide bonds. The number of aromatic amines is 1. The van der Waals surface area contributed by atoms with E-state index in [-0.39, 0.29) is 22.5 Å². The molecular formula is C12H13FN2O2. The van der Waals surface area contributed by atoms with Crippen LogP contribution in [0, 0.1) is 5.82 Å². The monoisotopic (exact) mass is 236 g/mol. The molecule has 0 unspecified atom stereocenters. The van der Waals surface area contributed by atoms with Crippen LogP contribution in [0.25, 0.3) is 16.7 Å². The number of nitrogens with zero attached hydrogens (tertiary/aromatic N) is 1.